The Labute approximate surface area is 95.0 Å². The fraction of sp³-hybridized carbons (Fsp3) is 0.417. The van der Waals surface area contributed by atoms with Crippen molar-refractivity contribution in [2.75, 3.05) is 13.6 Å². The summed E-state index contributed by atoms with van der Waals surface area (Å²) in [5.74, 6) is -0.274. The first-order valence-corrected chi connectivity index (χ1v) is 5.33. The van der Waals surface area contributed by atoms with Crippen molar-refractivity contribution in [3.63, 3.8) is 0 Å². The number of amides is 1. The second-order valence-electron chi connectivity index (χ2n) is 3.69. The van der Waals surface area contributed by atoms with Crippen LogP contribution >= 0.6 is 0 Å². The van der Waals surface area contributed by atoms with Crippen LogP contribution in [0.4, 0.5) is 4.39 Å². The summed E-state index contributed by atoms with van der Waals surface area (Å²) in [6.07, 6.45) is 0.446. The maximum absolute atomic E-state index is 12.7. The van der Waals surface area contributed by atoms with Gasteiger partial charge in [-0.05, 0) is 31.7 Å². The zero-order valence-corrected chi connectivity index (χ0v) is 9.59. The highest BCUT2D eigenvalue weighted by molar-refractivity contribution is 5.76. The summed E-state index contributed by atoms with van der Waals surface area (Å²) in [6.45, 7) is 2.53. The number of carbonyl (C=O) groups is 1. The van der Waals surface area contributed by atoms with Crippen LogP contribution in [0, 0.1) is 5.82 Å². The molecule has 0 bridgehead atoms. The monoisotopic (exact) mass is 224 g/mol. The van der Waals surface area contributed by atoms with E-state index < -0.39 is 0 Å². The predicted octanol–water partition coefficient (Wildman–Crippen LogP) is 1.61. The van der Waals surface area contributed by atoms with Gasteiger partial charge in [0, 0.05) is 13.0 Å². The Morgan fingerprint density at radius 1 is 1.38 bits per heavy atom. The largest absolute Gasteiger partial charge is 0.350 e. The Morgan fingerprint density at radius 3 is 2.56 bits per heavy atom. The molecule has 1 amide bonds. The zero-order chi connectivity index (χ0) is 12.0. The first-order valence-electron chi connectivity index (χ1n) is 5.33. The van der Waals surface area contributed by atoms with Crippen molar-refractivity contribution in [1.82, 2.24) is 10.6 Å². The first-order chi connectivity index (χ1) is 7.63. The van der Waals surface area contributed by atoms with Crippen LogP contribution in [0.5, 0.6) is 0 Å². The lowest BCUT2D eigenvalue weighted by molar-refractivity contribution is -0.121. The summed E-state index contributed by atoms with van der Waals surface area (Å²) < 4.78 is 12.7. The van der Waals surface area contributed by atoms with Gasteiger partial charge in [0.05, 0.1) is 6.04 Å². The van der Waals surface area contributed by atoms with Crippen molar-refractivity contribution >= 4 is 5.91 Å². The molecule has 16 heavy (non-hydrogen) atoms. The van der Waals surface area contributed by atoms with E-state index in [2.05, 4.69) is 10.6 Å². The Morgan fingerprint density at radius 2 is 2.00 bits per heavy atom. The molecular weight excluding hydrogens is 207 g/mol. The van der Waals surface area contributed by atoms with Crippen LogP contribution in [0.15, 0.2) is 24.3 Å². The molecular formula is C12H17FN2O. The van der Waals surface area contributed by atoms with Gasteiger partial charge in [-0.2, -0.15) is 0 Å². The molecule has 1 atom stereocenters. The van der Waals surface area contributed by atoms with E-state index in [0.717, 1.165) is 5.56 Å². The zero-order valence-electron chi connectivity index (χ0n) is 9.59. The number of nitrogens with one attached hydrogen (secondary N) is 2. The van der Waals surface area contributed by atoms with Crippen LogP contribution in [-0.4, -0.2) is 19.5 Å². The summed E-state index contributed by atoms with van der Waals surface area (Å²) in [7, 11) is 1.80. The molecule has 0 spiro atoms. The van der Waals surface area contributed by atoms with Gasteiger partial charge in [-0.3, -0.25) is 4.79 Å². The van der Waals surface area contributed by atoms with Gasteiger partial charge in [0.2, 0.25) is 5.91 Å². The van der Waals surface area contributed by atoms with Crippen molar-refractivity contribution in [3.05, 3.63) is 35.6 Å². The van der Waals surface area contributed by atoms with E-state index in [9.17, 15) is 9.18 Å². The molecule has 0 aliphatic heterocycles. The lowest BCUT2D eigenvalue weighted by Crippen LogP contribution is -2.29. The Balaban J connectivity index is 2.48. The lowest BCUT2D eigenvalue weighted by Gasteiger charge is -2.14. The van der Waals surface area contributed by atoms with Gasteiger partial charge in [-0.15, -0.1) is 0 Å². The highest BCUT2D eigenvalue weighted by Crippen LogP contribution is 2.12. The van der Waals surface area contributed by atoms with Crippen LogP contribution in [0.1, 0.15) is 24.9 Å². The van der Waals surface area contributed by atoms with Crippen LogP contribution in [0.2, 0.25) is 0 Å². The van der Waals surface area contributed by atoms with Crippen LogP contribution in [-0.2, 0) is 4.79 Å². The van der Waals surface area contributed by atoms with E-state index in [0.29, 0.717) is 13.0 Å². The minimum atomic E-state index is -0.266. The number of hydrogen-bond donors (Lipinski definition) is 2. The Bertz CT molecular complexity index is 337. The molecule has 4 heteroatoms. The van der Waals surface area contributed by atoms with Crippen LogP contribution in [0.3, 0.4) is 0 Å². The normalized spacial score (nSPS) is 12.2. The topological polar surface area (TPSA) is 41.1 Å². The van der Waals surface area contributed by atoms with Crippen molar-refractivity contribution < 1.29 is 9.18 Å². The van der Waals surface area contributed by atoms with Gasteiger partial charge in [-0.1, -0.05) is 12.1 Å². The molecule has 1 aromatic carbocycles. The molecule has 2 N–H and O–H groups in total. The molecule has 0 heterocycles. The second-order valence-corrected chi connectivity index (χ2v) is 3.69. The smallest absolute Gasteiger partial charge is 0.221 e. The molecule has 0 unspecified atom stereocenters. The number of rotatable bonds is 5. The maximum atomic E-state index is 12.7. The minimum Gasteiger partial charge on any atom is -0.350 e. The summed E-state index contributed by atoms with van der Waals surface area (Å²) in [5, 5.41) is 5.76. The molecule has 0 fully saturated rings. The summed E-state index contributed by atoms with van der Waals surface area (Å²) >= 11 is 0. The third-order valence-electron chi connectivity index (χ3n) is 2.35. The first kappa shape index (κ1) is 12.6. The molecule has 3 nitrogen and oxygen atoms in total. The van der Waals surface area contributed by atoms with E-state index in [1.807, 2.05) is 6.92 Å². The van der Waals surface area contributed by atoms with Gasteiger partial charge in [-0.25, -0.2) is 4.39 Å². The number of hydrogen-bond acceptors (Lipinski definition) is 2. The highest BCUT2D eigenvalue weighted by Gasteiger charge is 2.08. The third kappa shape index (κ3) is 3.98. The van der Waals surface area contributed by atoms with Crippen LogP contribution in [0.25, 0.3) is 0 Å². The van der Waals surface area contributed by atoms with Crippen molar-refractivity contribution in [1.29, 1.82) is 0 Å². The molecule has 88 valence electrons. The summed E-state index contributed by atoms with van der Waals surface area (Å²) in [5.41, 5.74) is 0.902. The van der Waals surface area contributed by atoms with Crippen molar-refractivity contribution in [3.8, 4) is 0 Å². The van der Waals surface area contributed by atoms with Gasteiger partial charge in [0.1, 0.15) is 5.82 Å². The fourth-order valence-electron chi connectivity index (χ4n) is 1.39. The fourth-order valence-corrected chi connectivity index (χ4v) is 1.39. The molecule has 0 aromatic heterocycles. The average Bonchev–Trinajstić information content (AvgIpc) is 2.27. The Kier molecular flexibility index (Phi) is 4.92. The van der Waals surface area contributed by atoms with E-state index in [1.165, 1.54) is 12.1 Å². The molecule has 1 rings (SSSR count). The number of carbonyl (C=O) groups excluding carboxylic acids is 1. The van der Waals surface area contributed by atoms with E-state index in [-0.39, 0.29) is 17.8 Å². The van der Waals surface area contributed by atoms with Gasteiger partial charge >= 0.3 is 0 Å². The molecule has 1 aromatic rings. The minimum absolute atomic E-state index is 0.00817. The predicted molar refractivity (Wildman–Crippen MR) is 61.5 cm³/mol. The Hall–Kier alpha value is -1.42. The molecule has 0 aliphatic rings. The lowest BCUT2D eigenvalue weighted by atomic mass is 10.1. The van der Waals surface area contributed by atoms with Gasteiger partial charge in [0.15, 0.2) is 0 Å². The SMILES string of the molecule is CNCCC(=O)N[C@H](C)c1ccc(F)cc1. The second kappa shape index (κ2) is 6.23. The van der Waals surface area contributed by atoms with Crippen molar-refractivity contribution in [2.45, 2.75) is 19.4 Å². The summed E-state index contributed by atoms with van der Waals surface area (Å²) in [4.78, 5) is 11.4. The molecule has 0 aliphatic carbocycles. The molecule has 0 radical (unpaired) electrons. The average molecular weight is 224 g/mol. The number of halogens is 1. The van der Waals surface area contributed by atoms with E-state index in [1.54, 1.807) is 19.2 Å². The highest BCUT2D eigenvalue weighted by atomic mass is 19.1. The van der Waals surface area contributed by atoms with Gasteiger partial charge < -0.3 is 10.6 Å². The third-order valence-corrected chi connectivity index (χ3v) is 2.35. The van der Waals surface area contributed by atoms with E-state index >= 15 is 0 Å². The molecule has 0 saturated carbocycles. The standard InChI is InChI=1S/C12H17FN2O/c1-9(15-12(16)7-8-14-2)10-3-5-11(13)6-4-10/h3-6,9,14H,7-8H2,1-2H3,(H,15,16)/t9-/m1/s1. The van der Waals surface area contributed by atoms with Crippen LogP contribution < -0.4 is 10.6 Å². The number of benzene rings is 1. The maximum Gasteiger partial charge on any atom is 0.221 e. The van der Waals surface area contributed by atoms with Crippen molar-refractivity contribution in [2.24, 2.45) is 0 Å². The quantitative estimate of drug-likeness (QED) is 0.798. The van der Waals surface area contributed by atoms with E-state index in [4.69, 9.17) is 0 Å². The van der Waals surface area contributed by atoms with Gasteiger partial charge in [0.25, 0.3) is 0 Å². The summed E-state index contributed by atoms with van der Waals surface area (Å²) in [6, 6.07) is 6.05. The molecule has 0 saturated heterocycles.